The minimum absolute atomic E-state index is 0.0364. The van der Waals surface area contributed by atoms with Gasteiger partial charge in [-0.05, 0) is 25.3 Å². The summed E-state index contributed by atoms with van der Waals surface area (Å²) in [6.07, 6.45) is 1.50. The Morgan fingerprint density at radius 2 is 2.04 bits per heavy atom. The summed E-state index contributed by atoms with van der Waals surface area (Å²) in [5, 5.41) is 12.9. The van der Waals surface area contributed by atoms with Crippen LogP contribution < -0.4 is 16.6 Å². The van der Waals surface area contributed by atoms with Crippen molar-refractivity contribution in [1.29, 1.82) is 0 Å². The van der Waals surface area contributed by atoms with Gasteiger partial charge in [-0.2, -0.15) is 4.98 Å². The zero-order chi connectivity index (χ0) is 16.4. The molecule has 1 aromatic heterocycles. The molecule has 0 aliphatic carbocycles. The van der Waals surface area contributed by atoms with Gasteiger partial charge in [0.2, 0.25) is 5.95 Å². The Hall–Kier alpha value is -2.67. The standard InChI is InChI=1S/C16H19N5O2/c1-16(8-7-10-5-3-2-4-6-10)11(9-22)18-12-13(21-16)19-15(17)20-14(12)23/h2-6,22H,7-9H2,1H3,(H4,17,19,20,21,23). The maximum Gasteiger partial charge on any atom is 0.280 e. The van der Waals surface area contributed by atoms with E-state index in [0.29, 0.717) is 18.0 Å². The Morgan fingerprint density at radius 1 is 1.30 bits per heavy atom. The number of rotatable bonds is 4. The van der Waals surface area contributed by atoms with Gasteiger partial charge in [-0.15, -0.1) is 0 Å². The first kappa shape index (κ1) is 15.2. The predicted octanol–water partition coefficient (Wildman–Crippen LogP) is 1.23. The maximum atomic E-state index is 11.9. The molecule has 1 unspecified atom stereocenters. The third-order valence-corrected chi connectivity index (χ3v) is 4.10. The lowest BCUT2D eigenvalue weighted by atomic mass is 9.87. The number of aromatic amines is 1. The fourth-order valence-corrected chi connectivity index (χ4v) is 2.72. The summed E-state index contributed by atoms with van der Waals surface area (Å²) in [4.78, 5) is 22.8. The van der Waals surface area contributed by atoms with Crippen LogP contribution >= 0.6 is 0 Å². The zero-order valence-electron chi connectivity index (χ0n) is 12.8. The molecule has 0 spiro atoms. The van der Waals surface area contributed by atoms with Crippen molar-refractivity contribution >= 4 is 23.2 Å². The largest absolute Gasteiger partial charge is 0.390 e. The Bertz CT molecular complexity index is 800. The molecule has 0 bridgehead atoms. The topological polar surface area (TPSA) is 116 Å². The number of hydrogen-bond acceptors (Lipinski definition) is 6. The first-order valence-corrected chi connectivity index (χ1v) is 7.42. The van der Waals surface area contributed by atoms with Gasteiger partial charge in [0.15, 0.2) is 11.5 Å². The summed E-state index contributed by atoms with van der Waals surface area (Å²) in [6, 6.07) is 10.1. The lowest BCUT2D eigenvalue weighted by molar-refractivity contribution is 0.346. The number of anilines is 2. The van der Waals surface area contributed by atoms with Crippen LogP contribution in [0.4, 0.5) is 17.5 Å². The van der Waals surface area contributed by atoms with E-state index in [1.165, 1.54) is 5.56 Å². The van der Waals surface area contributed by atoms with E-state index >= 15 is 0 Å². The number of nitrogens with one attached hydrogen (secondary N) is 2. The number of aliphatic hydroxyl groups is 1. The zero-order valence-corrected chi connectivity index (χ0v) is 12.8. The molecule has 1 aliphatic heterocycles. The lowest BCUT2D eigenvalue weighted by Gasteiger charge is -2.35. The van der Waals surface area contributed by atoms with Crippen LogP contribution in [0.25, 0.3) is 0 Å². The molecule has 1 aliphatic rings. The number of fused-ring (bicyclic) bond motifs is 1. The number of aliphatic imine (C=N–C) groups is 1. The van der Waals surface area contributed by atoms with Gasteiger partial charge in [-0.3, -0.25) is 9.78 Å². The molecular formula is C16H19N5O2. The van der Waals surface area contributed by atoms with Gasteiger partial charge in [0, 0.05) is 0 Å². The predicted molar refractivity (Wildman–Crippen MR) is 90.2 cm³/mol. The van der Waals surface area contributed by atoms with Crippen LogP contribution in [-0.2, 0) is 6.42 Å². The first-order valence-electron chi connectivity index (χ1n) is 7.42. The highest BCUT2D eigenvalue weighted by molar-refractivity contribution is 6.01. The molecule has 23 heavy (non-hydrogen) atoms. The number of nitrogens with two attached hydrogens (primary N) is 1. The average Bonchev–Trinajstić information content (AvgIpc) is 2.53. The number of benzene rings is 1. The van der Waals surface area contributed by atoms with Gasteiger partial charge < -0.3 is 16.2 Å². The van der Waals surface area contributed by atoms with Crippen LogP contribution in [0.1, 0.15) is 18.9 Å². The smallest absolute Gasteiger partial charge is 0.280 e. The van der Waals surface area contributed by atoms with E-state index in [-0.39, 0.29) is 18.2 Å². The van der Waals surface area contributed by atoms with Gasteiger partial charge in [0.25, 0.3) is 5.56 Å². The Balaban J connectivity index is 1.92. The van der Waals surface area contributed by atoms with E-state index in [1.807, 2.05) is 25.1 Å². The van der Waals surface area contributed by atoms with Gasteiger partial charge >= 0.3 is 0 Å². The van der Waals surface area contributed by atoms with Crippen LogP contribution in [0, 0.1) is 0 Å². The van der Waals surface area contributed by atoms with Crippen molar-refractivity contribution in [1.82, 2.24) is 9.97 Å². The van der Waals surface area contributed by atoms with Crippen molar-refractivity contribution in [2.24, 2.45) is 4.99 Å². The number of hydrogen-bond donors (Lipinski definition) is 4. The molecule has 0 amide bonds. The summed E-state index contributed by atoms with van der Waals surface area (Å²) in [6.45, 7) is 1.70. The molecule has 5 N–H and O–H groups in total. The monoisotopic (exact) mass is 313 g/mol. The first-order chi connectivity index (χ1) is 11.0. The van der Waals surface area contributed by atoms with Crippen molar-refractivity contribution in [3.05, 3.63) is 46.2 Å². The number of nitrogens with zero attached hydrogens (tertiary/aromatic N) is 2. The second-order valence-electron chi connectivity index (χ2n) is 5.81. The summed E-state index contributed by atoms with van der Waals surface area (Å²) >= 11 is 0. The normalized spacial score (nSPS) is 19.7. The highest BCUT2D eigenvalue weighted by atomic mass is 16.3. The molecule has 2 aromatic rings. The van der Waals surface area contributed by atoms with E-state index in [0.717, 1.165) is 6.42 Å². The van der Waals surface area contributed by atoms with Crippen LogP contribution in [0.3, 0.4) is 0 Å². The summed E-state index contributed by atoms with van der Waals surface area (Å²) in [7, 11) is 0. The lowest BCUT2D eigenvalue weighted by Crippen LogP contribution is -2.48. The molecule has 0 fully saturated rings. The van der Waals surface area contributed by atoms with Crippen molar-refractivity contribution in [2.75, 3.05) is 17.7 Å². The SMILES string of the molecule is CC1(CCc2ccccc2)Nc2nc(N)[nH]c(=O)c2N=C1CO. The third-order valence-electron chi connectivity index (χ3n) is 4.10. The van der Waals surface area contributed by atoms with Crippen LogP contribution in [-0.4, -0.2) is 32.9 Å². The number of aryl methyl sites for hydroxylation is 1. The summed E-state index contributed by atoms with van der Waals surface area (Å²) in [5.41, 5.74) is 6.44. The number of aromatic nitrogens is 2. The Labute approximate surface area is 133 Å². The molecule has 7 heteroatoms. The molecule has 0 saturated heterocycles. The van der Waals surface area contributed by atoms with Gasteiger partial charge in [0.1, 0.15) is 0 Å². The van der Waals surface area contributed by atoms with Crippen LogP contribution in [0.2, 0.25) is 0 Å². The molecule has 0 saturated carbocycles. The van der Waals surface area contributed by atoms with Crippen LogP contribution in [0.15, 0.2) is 40.1 Å². The number of H-pyrrole nitrogens is 1. The van der Waals surface area contributed by atoms with Gasteiger partial charge in [0.05, 0.1) is 17.9 Å². The second-order valence-corrected chi connectivity index (χ2v) is 5.81. The van der Waals surface area contributed by atoms with E-state index in [9.17, 15) is 9.90 Å². The van der Waals surface area contributed by atoms with E-state index < -0.39 is 11.1 Å². The fourth-order valence-electron chi connectivity index (χ4n) is 2.72. The van der Waals surface area contributed by atoms with Crippen molar-refractivity contribution in [3.8, 4) is 0 Å². The minimum Gasteiger partial charge on any atom is -0.390 e. The summed E-state index contributed by atoms with van der Waals surface area (Å²) < 4.78 is 0. The highest BCUT2D eigenvalue weighted by Gasteiger charge is 2.35. The quantitative estimate of drug-likeness (QED) is 0.677. The van der Waals surface area contributed by atoms with E-state index in [2.05, 4.69) is 32.4 Å². The molecule has 1 atom stereocenters. The van der Waals surface area contributed by atoms with E-state index in [4.69, 9.17) is 5.73 Å². The number of aliphatic hydroxyl groups excluding tert-OH is 1. The molecule has 0 radical (unpaired) electrons. The Kier molecular flexibility index (Phi) is 3.87. The average molecular weight is 313 g/mol. The molecule has 3 rings (SSSR count). The van der Waals surface area contributed by atoms with E-state index in [1.54, 1.807) is 0 Å². The molecule has 7 nitrogen and oxygen atoms in total. The van der Waals surface area contributed by atoms with Crippen molar-refractivity contribution in [2.45, 2.75) is 25.3 Å². The highest BCUT2D eigenvalue weighted by Crippen LogP contribution is 2.32. The fraction of sp³-hybridized carbons (Fsp3) is 0.312. The summed E-state index contributed by atoms with van der Waals surface area (Å²) in [5.74, 6) is 0.383. The maximum absolute atomic E-state index is 11.9. The molecular weight excluding hydrogens is 294 g/mol. The molecule has 120 valence electrons. The third kappa shape index (κ3) is 2.95. The van der Waals surface area contributed by atoms with Crippen LogP contribution in [0.5, 0.6) is 0 Å². The molecule has 1 aromatic carbocycles. The van der Waals surface area contributed by atoms with Gasteiger partial charge in [-0.1, -0.05) is 30.3 Å². The minimum atomic E-state index is -0.592. The number of nitrogen functional groups attached to an aromatic ring is 1. The molecule has 2 heterocycles. The van der Waals surface area contributed by atoms with Gasteiger partial charge in [-0.25, -0.2) is 4.99 Å². The van der Waals surface area contributed by atoms with Crippen molar-refractivity contribution in [3.63, 3.8) is 0 Å². The van der Waals surface area contributed by atoms with Crippen molar-refractivity contribution < 1.29 is 5.11 Å². The Morgan fingerprint density at radius 3 is 2.74 bits per heavy atom. The second kappa shape index (κ2) is 5.85.